The lowest BCUT2D eigenvalue weighted by Gasteiger charge is -2.06. The molecule has 1 fully saturated rings. The average Bonchev–Trinajstić information content (AvgIpc) is 2.27. The second-order valence-corrected chi connectivity index (χ2v) is 5.12. The molecule has 0 saturated heterocycles. The third kappa shape index (κ3) is 3.57. The van der Waals surface area contributed by atoms with Crippen molar-refractivity contribution in [3.8, 4) is 6.07 Å². The molecule has 0 aromatic heterocycles. The maximum atomic E-state index is 8.38. The molecule has 2 atom stereocenters. The number of nitrogens with zero attached hydrogens (tertiary/aromatic N) is 1. The molecule has 2 heteroatoms. The number of halogens is 1. The zero-order valence-corrected chi connectivity index (χ0v) is 9.33. The van der Waals surface area contributed by atoms with Gasteiger partial charge in [-0.1, -0.05) is 35.1 Å². The molecule has 0 amide bonds. The van der Waals surface area contributed by atoms with Crippen molar-refractivity contribution in [2.45, 2.75) is 36.0 Å². The van der Waals surface area contributed by atoms with Gasteiger partial charge in [-0.05, 0) is 31.6 Å². The van der Waals surface area contributed by atoms with Crippen LogP contribution in [0.25, 0.3) is 0 Å². The number of rotatable bonds is 1. The summed E-state index contributed by atoms with van der Waals surface area (Å²) in [6, 6.07) is 2.06. The van der Waals surface area contributed by atoms with Gasteiger partial charge in [0.25, 0.3) is 0 Å². The quantitative estimate of drug-likeness (QED) is 0.311. The first-order valence-corrected chi connectivity index (χ1v) is 5.78. The molecular weight excluding hydrogens is 261 g/mol. The van der Waals surface area contributed by atoms with Crippen LogP contribution in [0.2, 0.25) is 0 Å². The summed E-state index contributed by atoms with van der Waals surface area (Å²) in [7, 11) is 0. The van der Waals surface area contributed by atoms with Gasteiger partial charge in [0.15, 0.2) is 0 Å². The Hall–Kier alpha value is -0.0400. The highest BCUT2D eigenvalue weighted by atomic mass is 127. The highest BCUT2D eigenvalue weighted by molar-refractivity contribution is 14.1. The predicted molar refractivity (Wildman–Crippen MR) is 59.1 cm³/mol. The van der Waals surface area contributed by atoms with Gasteiger partial charge in [-0.3, -0.25) is 0 Å². The van der Waals surface area contributed by atoms with Crippen molar-refractivity contribution in [2.24, 2.45) is 5.92 Å². The van der Waals surface area contributed by atoms with E-state index >= 15 is 0 Å². The van der Waals surface area contributed by atoms with Crippen LogP contribution in [0.15, 0.2) is 12.2 Å². The largest absolute Gasteiger partial charge is 0.193 e. The summed E-state index contributed by atoms with van der Waals surface area (Å²) in [6.45, 7) is 0. The minimum Gasteiger partial charge on any atom is -0.193 e. The molecule has 1 rings (SSSR count). The lowest BCUT2D eigenvalue weighted by molar-refractivity contribution is 0.560. The van der Waals surface area contributed by atoms with Gasteiger partial charge in [-0.15, -0.1) is 0 Å². The molecule has 1 aliphatic carbocycles. The van der Waals surface area contributed by atoms with Gasteiger partial charge in [0.1, 0.15) is 0 Å². The smallest absolute Gasteiger partial charge is 0.0908 e. The van der Waals surface area contributed by atoms with Crippen LogP contribution >= 0.6 is 22.6 Å². The van der Waals surface area contributed by atoms with E-state index < -0.39 is 0 Å². The molecule has 0 bridgehead atoms. The van der Waals surface area contributed by atoms with Crippen LogP contribution < -0.4 is 0 Å². The van der Waals surface area contributed by atoms with E-state index in [0.717, 1.165) is 3.92 Å². The molecule has 0 radical (unpaired) electrons. The molecule has 1 aliphatic rings. The second-order valence-electron chi connectivity index (χ2n) is 3.35. The molecular formula is C10H14IN. The average molecular weight is 275 g/mol. The van der Waals surface area contributed by atoms with E-state index in [1.807, 2.05) is 0 Å². The van der Waals surface area contributed by atoms with Crippen molar-refractivity contribution in [3.05, 3.63) is 12.2 Å². The summed E-state index contributed by atoms with van der Waals surface area (Å²) in [5.41, 5.74) is 0. The van der Waals surface area contributed by atoms with E-state index in [4.69, 9.17) is 5.26 Å². The Labute approximate surface area is 88.0 Å². The summed E-state index contributed by atoms with van der Waals surface area (Å²) >= 11 is 2.54. The van der Waals surface area contributed by atoms with E-state index in [-0.39, 0.29) is 0 Å². The van der Waals surface area contributed by atoms with Gasteiger partial charge < -0.3 is 0 Å². The normalized spacial score (nSPS) is 31.3. The fourth-order valence-electron chi connectivity index (χ4n) is 1.66. The fourth-order valence-corrected chi connectivity index (χ4v) is 2.46. The maximum absolute atomic E-state index is 8.38. The van der Waals surface area contributed by atoms with E-state index in [1.165, 1.54) is 32.1 Å². The third-order valence-electron chi connectivity index (χ3n) is 2.39. The van der Waals surface area contributed by atoms with E-state index in [9.17, 15) is 0 Å². The van der Waals surface area contributed by atoms with Gasteiger partial charge >= 0.3 is 0 Å². The van der Waals surface area contributed by atoms with E-state index in [1.54, 1.807) is 6.08 Å². The first kappa shape index (κ1) is 10.0. The Bertz CT molecular complexity index is 193. The second kappa shape index (κ2) is 5.58. The van der Waals surface area contributed by atoms with Crippen LogP contribution in [0.5, 0.6) is 0 Å². The number of hydrogen-bond acceptors (Lipinski definition) is 1. The molecule has 1 nitrogen and oxygen atoms in total. The standard InChI is InChI=1S/C10H14IN/c11-10-5-1-3-9(6-7-10)4-2-8-12/h2,4,9-10H,1,3,5-7H2/b4-2+. The number of nitriles is 1. The summed E-state index contributed by atoms with van der Waals surface area (Å²) in [4.78, 5) is 0. The lowest BCUT2D eigenvalue weighted by atomic mass is 10.0. The SMILES string of the molecule is N#C/C=C/C1CCCC(I)CC1. The van der Waals surface area contributed by atoms with Crippen LogP contribution in [-0.4, -0.2) is 3.92 Å². The van der Waals surface area contributed by atoms with Gasteiger partial charge in [0, 0.05) is 10.0 Å². The summed E-state index contributed by atoms with van der Waals surface area (Å²) in [5, 5.41) is 8.38. The van der Waals surface area contributed by atoms with Crippen LogP contribution in [0.3, 0.4) is 0 Å². The Morgan fingerprint density at radius 3 is 2.83 bits per heavy atom. The Morgan fingerprint density at radius 2 is 2.08 bits per heavy atom. The van der Waals surface area contributed by atoms with Gasteiger partial charge in [-0.2, -0.15) is 5.26 Å². The van der Waals surface area contributed by atoms with E-state index in [2.05, 4.69) is 34.7 Å². The summed E-state index contributed by atoms with van der Waals surface area (Å²) < 4.78 is 0.864. The van der Waals surface area contributed by atoms with Crippen molar-refractivity contribution < 1.29 is 0 Å². The molecule has 0 aliphatic heterocycles. The number of allylic oxidation sites excluding steroid dienone is 2. The molecule has 0 aromatic carbocycles. The zero-order chi connectivity index (χ0) is 8.81. The predicted octanol–water partition coefficient (Wildman–Crippen LogP) is 3.45. The topological polar surface area (TPSA) is 23.8 Å². The fraction of sp³-hybridized carbons (Fsp3) is 0.700. The lowest BCUT2D eigenvalue weighted by Crippen LogP contribution is -1.95. The first-order valence-electron chi connectivity index (χ1n) is 4.53. The number of alkyl halides is 1. The maximum Gasteiger partial charge on any atom is 0.0908 e. The van der Waals surface area contributed by atoms with Crippen molar-refractivity contribution in [2.75, 3.05) is 0 Å². The van der Waals surface area contributed by atoms with Gasteiger partial charge in [0.05, 0.1) is 6.07 Å². The molecule has 66 valence electrons. The Kier molecular flexibility index (Phi) is 4.67. The first-order chi connectivity index (χ1) is 5.83. The third-order valence-corrected chi connectivity index (χ3v) is 3.63. The molecule has 0 N–H and O–H groups in total. The van der Waals surface area contributed by atoms with Crippen LogP contribution in [0.1, 0.15) is 32.1 Å². The van der Waals surface area contributed by atoms with Crippen LogP contribution in [0.4, 0.5) is 0 Å². The highest BCUT2D eigenvalue weighted by Gasteiger charge is 2.14. The number of hydrogen-bond donors (Lipinski definition) is 0. The minimum atomic E-state index is 0.671. The van der Waals surface area contributed by atoms with Crippen molar-refractivity contribution in [1.82, 2.24) is 0 Å². The Morgan fingerprint density at radius 1 is 1.25 bits per heavy atom. The molecule has 0 spiro atoms. The Balaban J connectivity index is 2.36. The highest BCUT2D eigenvalue weighted by Crippen LogP contribution is 2.28. The monoisotopic (exact) mass is 275 g/mol. The molecule has 0 heterocycles. The minimum absolute atomic E-state index is 0.671. The van der Waals surface area contributed by atoms with Crippen LogP contribution in [0, 0.1) is 17.2 Å². The van der Waals surface area contributed by atoms with Crippen molar-refractivity contribution in [3.63, 3.8) is 0 Å². The molecule has 2 unspecified atom stereocenters. The van der Waals surface area contributed by atoms with Gasteiger partial charge in [-0.25, -0.2) is 0 Å². The van der Waals surface area contributed by atoms with Crippen molar-refractivity contribution >= 4 is 22.6 Å². The van der Waals surface area contributed by atoms with Gasteiger partial charge in [0.2, 0.25) is 0 Å². The molecule has 12 heavy (non-hydrogen) atoms. The van der Waals surface area contributed by atoms with E-state index in [0.29, 0.717) is 5.92 Å². The van der Waals surface area contributed by atoms with Crippen LogP contribution in [-0.2, 0) is 0 Å². The van der Waals surface area contributed by atoms with Crippen molar-refractivity contribution in [1.29, 1.82) is 5.26 Å². The summed E-state index contributed by atoms with van der Waals surface area (Å²) in [5.74, 6) is 0.671. The molecule has 0 aromatic rings. The molecule has 1 saturated carbocycles. The summed E-state index contributed by atoms with van der Waals surface area (Å²) in [6.07, 6.45) is 10.3. The zero-order valence-electron chi connectivity index (χ0n) is 7.17.